The van der Waals surface area contributed by atoms with Gasteiger partial charge in [-0.15, -0.1) is 0 Å². The fraction of sp³-hybridized carbons (Fsp3) is 0.286. The van der Waals surface area contributed by atoms with E-state index in [0.717, 1.165) is 0 Å². The van der Waals surface area contributed by atoms with Crippen LogP contribution in [0.15, 0.2) is 84.9 Å². The van der Waals surface area contributed by atoms with E-state index in [-0.39, 0.29) is 12.2 Å². The van der Waals surface area contributed by atoms with E-state index in [1.165, 1.54) is 58.4 Å². The molecule has 0 bridgehead atoms. The normalized spacial score (nSPS) is 18.8. The zero-order valence-electron chi connectivity index (χ0n) is 16.6. The number of fused-ring (bicyclic) bond motifs is 2. The van der Waals surface area contributed by atoms with Crippen molar-refractivity contribution in [1.29, 1.82) is 0 Å². The second-order valence-electron chi connectivity index (χ2n) is 8.79. The topological polar surface area (TPSA) is 9.23 Å². The predicted octanol–water partition coefficient (Wildman–Crippen LogP) is 7.61. The van der Waals surface area contributed by atoms with E-state index in [0.29, 0.717) is 11.8 Å². The number of ether oxygens (including phenoxy) is 1. The molecule has 2 unspecified atom stereocenters. The molecule has 4 aromatic rings. The van der Waals surface area contributed by atoms with Gasteiger partial charge in [-0.25, -0.2) is 0 Å². The lowest BCUT2D eigenvalue weighted by molar-refractivity contribution is -0.0374. The molecule has 0 N–H and O–H groups in total. The molecule has 0 heterocycles. The molecule has 1 heteroatoms. The Hall–Kier alpha value is -2.64. The molecule has 6 rings (SSSR count). The van der Waals surface area contributed by atoms with Crippen LogP contribution in [0.25, 0.3) is 21.5 Å². The van der Waals surface area contributed by atoms with E-state index in [2.05, 4.69) is 84.9 Å². The van der Waals surface area contributed by atoms with Gasteiger partial charge >= 0.3 is 0 Å². The van der Waals surface area contributed by atoms with Crippen LogP contribution >= 0.6 is 0 Å². The van der Waals surface area contributed by atoms with Gasteiger partial charge in [-0.05, 0) is 70.2 Å². The highest BCUT2D eigenvalue weighted by Crippen LogP contribution is 2.52. The highest BCUT2D eigenvalue weighted by molar-refractivity contribution is 5.87. The molecule has 0 aromatic heterocycles. The van der Waals surface area contributed by atoms with Gasteiger partial charge in [0.2, 0.25) is 0 Å². The fourth-order valence-corrected chi connectivity index (χ4v) is 4.83. The van der Waals surface area contributed by atoms with Crippen molar-refractivity contribution in [1.82, 2.24) is 0 Å². The number of hydrogen-bond acceptors (Lipinski definition) is 1. The maximum Gasteiger partial charge on any atom is 0.0867 e. The Morgan fingerprint density at radius 3 is 1.38 bits per heavy atom. The third-order valence-electron chi connectivity index (χ3n) is 6.65. The molecule has 0 spiro atoms. The molecule has 1 nitrogen and oxygen atoms in total. The Labute approximate surface area is 172 Å². The molecule has 0 saturated heterocycles. The first-order valence-electron chi connectivity index (χ1n) is 11.0. The van der Waals surface area contributed by atoms with Crippen LogP contribution in [0, 0.1) is 11.8 Å². The van der Waals surface area contributed by atoms with E-state index < -0.39 is 0 Å². The maximum atomic E-state index is 7.09. The Kier molecular flexibility index (Phi) is 4.16. The van der Waals surface area contributed by atoms with Gasteiger partial charge in [-0.2, -0.15) is 0 Å². The summed E-state index contributed by atoms with van der Waals surface area (Å²) in [5.74, 6) is 1.30. The van der Waals surface area contributed by atoms with E-state index in [9.17, 15) is 0 Å². The number of benzene rings is 4. The highest BCUT2D eigenvalue weighted by Gasteiger charge is 2.41. The zero-order valence-corrected chi connectivity index (χ0v) is 16.6. The van der Waals surface area contributed by atoms with Gasteiger partial charge in [0, 0.05) is 0 Å². The van der Waals surface area contributed by atoms with Crippen molar-refractivity contribution in [2.75, 3.05) is 0 Å². The molecule has 29 heavy (non-hydrogen) atoms. The summed E-state index contributed by atoms with van der Waals surface area (Å²) in [7, 11) is 0. The van der Waals surface area contributed by atoms with Crippen molar-refractivity contribution < 1.29 is 4.74 Å². The largest absolute Gasteiger partial charge is 0.365 e. The van der Waals surface area contributed by atoms with Gasteiger partial charge in [0.15, 0.2) is 0 Å². The van der Waals surface area contributed by atoms with Crippen molar-refractivity contribution in [3.8, 4) is 0 Å². The molecule has 0 radical (unpaired) electrons. The van der Waals surface area contributed by atoms with Crippen LogP contribution < -0.4 is 0 Å². The Morgan fingerprint density at radius 2 is 0.931 bits per heavy atom. The molecular weight excluding hydrogens is 352 g/mol. The lowest BCUT2D eigenvalue weighted by atomic mass is 9.95. The molecular formula is C28H26O. The summed E-state index contributed by atoms with van der Waals surface area (Å²) in [5.41, 5.74) is 2.74. The molecule has 2 fully saturated rings. The Balaban J connectivity index is 1.43. The summed E-state index contributed by atoms with van der Waals surface area (Å²) in [6.45, 7) is 0. The molecule has 2 atom stereocenters. The standard InChI is InChI=1S/C28H26O/c1-3-11-23-19(7-1)9-5-13-25(23)27(21-15-16-21)29-28(22-17-18-22)26-14-6-10-20-8-2-4-12-24(20)26/h1-14,21-22,27-28H,15-18H2. The third kappa shape index (κ3) is 3.24. The van der Waals surface area contributed by atoms with Crippen LogP contribution in [0.5, 0.6) is 0 Å². The van der Waals surface area contributed by atoms with Crippen molar-refractivity contribution in [2.24, 2.45) is 11.8 Å². The number of rotatable bonds is 6. The second kappa shape index (κ2) is 7.00. The summed E-state index contributed by atoms with van der Waals surface area (Å²) in [6.07, 6.45) is 5.49. The van der Waals surface area contributed by atoms with Crippen molar-refractivity contribution in [3.63, 3.8) is 0 Å². The summed E-state index contributed by atoms with van der Waals surface area (Å²) < 4.78 is 7.09. The minimum absolute atomic E-state index is 0.186. The van der Waals surface area contributed by atoms with Gasteiger partial charge in [0.05, 0.1) is 12.2 Å². The maximum absolute atomic E-state index is 7.09. The average molecular weight is 379 g/mol. The number of hydrogen-bond donors (Lipinski definition) is 0. The van der Waals surface area contributed by atoms with E-state index in [4.69, 9.17) is 4.74 Å². The van der Waals surface area contributed by atoms with Gasteiger partial charge in [0.1, 0.15) is 0 Å². The zero-order chi connectivity index (χ0) is 19.2. The third-order valence-corrected chi connectivity index (χ3v) is 6.65. The van der Waals surface area contributed by atoms with Crippen LogP contribution in [0.2, 0.25) is 0 Å². The molecule has 0 amide bonds. The second-order valence-corrected chi connectivity index (χ2v) is 8.79. The van der Waals surface area contributed by atoms with Gasteiger partial charge in [-0.3, -0.25) is 0 Å². The first kappa shape index (κ1) is 17.2. The fourth-order valence-electron chi connectivity index (χ4n) is 4.83. The Morgan fingerprint density at radius 1 is 0.517 bits per heavy atom. The monoisotopic (exact) mass is 378 g/mol. The molecule has 0 aliphatic heterocycles. The van der Waals surface area contributed by atoms with Crippen LogP contribution in [0.4, 0.5) is 0 Å². The summed E-state index contributed by atoms with van der Waals surface area (Å²) in [5, 5.41) is 5.32. The Bertz CT molecular complexity index is 1070. The highest BCUT2D eigenvalue weighted by atomic mass is 16.5. The molecule has 4 aromatic carbocycles. The summed E-state index contributed by atoms with van der Waals surface area (Å²) >= 11 is 0. The van der Waals surface area contributed by atoms with Gasteiger partial charge in [-0.1, -0.05) is 84.9 Å². The first-order chi connectivity index (χ1) is 14.4. The summed E-state index contributed by atoms with van der Waals surface area (Å²) in [4.78, 5) is 0. The van der Waals surface area contributed by atoms with Gasteiger partial charge < -0.3 is 4.74 Å². The average Bonchev–Trinajstić information content (AvgIpc) is 3.68. The lowest BCUT2D eigenvalue weighted by Gasteiger charge is -2.27. The van der Waals surface area contributed by atoms with Crippen molar-refractivity contribution >= 4 is 21.5 Å². The first-order valence-corrected chi connectivity index (χ1v) is 11.0. The van der Waals surface area contributed by atoms with Crippen LogP contribution in [0.3, 0.4) is 0 Å². The predicted molar refractivity (Wildman–Crippen MR) is 120 cm³/mol. The summed E-state index contributed by atoms with van der Waals surface area (Å²) in [6, 6.07) is 30.9. The minimum atomic E-state index is 0.186. The lowest BCUT2D eigenvalue weighted by Crippen LogP contribution is -2.15. The minimum Gasteiger partial charge on any atom is -0.365 e. The van der Waals surface area contributed by atoms with E-state index in [1.54, 1.807) is 0 Å². The van der Waals surface area contributed by atoms with Crippen molar-refractivity contribution in [2.45, 2.75) is 37.9 Å². The van der Waals surface area contributed by atoms with Gasteiger partial charge in [0.25, 0.3) is 0 Å². The molecule has 2 aliphatic rings. The quantitative estimate of drug-likeness (QED) is 0.335. The molecule has 2 saturated carbocycles. The molecule has 144 valence electrons. The SMILES string of the molecule is c1ccc2c(C(OC(c3cccc4ccccc34)C3CC3)C3CC3)cccc2c1. The van der Waals surface area contributed by atoms with Crippen molar-refractivity contribution in [3.05, 3.63) is 96.1 Å². The van der Waals surface area contributed by atoms with E-state index >= 15 is 0 Å². The van der Waals surface area contributed by atoms with Crippen LogP contribution in [-0.2, 0) is 4.74 Å². The van der Waals surface area contributed by atoms with Crippen LogP contribution in [-0.4, -0.2) is 0 Å². The molecule has 2 aliphatic carbocycles. The van der Waals surface area contributed by atoms with Crippen LogP contribution in [0.1, 0.15) is 49.0 Å². The smallest absolute Gasteiger partial charge is 0.0867 e. The van der Waals surface area contributed by atoms with E-state index in [1.807, 2.05) is 0 Å².